The molecule has 0 spiro atoms. The van der Waals surface area contributed by atoms with Crippen molar-refractivity contribution in [3.63, 3.8) is 0 Å². The van der Waals surface area contributed by atoms with Crippen molar-refractivity contribution in [1.82, 2.24) is 5.32 Å². The van der Waals surface area contributed by atoms with Crippen LogP contribution in [0, 0.1) is 0 Å². The average molecular weight is 184 g/mol. The third kappa shape index (κ3) is 4.08. The van der Waals surface area contributed by atoms with Gasteiger partial charge in [0.05, 0.1) is 0 Å². The topological polar surface area (TPSA) is 55.1 Å². The van der Waals surface area contributed by atoms with E-state index >= 15 is 0 Å². The molecule has 0 bridgehead atoms. The zero-order valence-electron chi connectivity index (χ0n) is 8.98. The summed E-state index contributed by atoms with van der Waals surface area (Å²) in [6.45, 7) is 8.20. The highest BCUT2D eigenvalue weighted by molar-refractivity contribution is 5.95. The first-order chi connectivity index (χ1) is 5.93. The van der Waals surface area contributed by atoms with Gasteiger partial charge < -0.3 is 11.1 Å². The van der Waals surface area contributed by atoms with E-state index in [0.717, 1.165) is 6.42 Å². The molecule has 13 heavy (non-hydrogen) atoms. The van der Waals surface area contributed by atoms with E-state index in [2.05, 4.69) is 5.32 Å². The molecular weight excluding hydrogens is 164 g/mol. The van der Waals surface area contributed by atoms with Crippen LogP contribution in [0.2, 0.25) is 0 Å². The Hall–Kier alpha value is -0.830. The first kappa shape index (κ1) is 12.2. The molecule has 3 nitrogen and oxygen atoms in total. The van der Waals surface area contributed by atoms with Crippen LogP contribution in [0.4, 0.5) is 0 Å². The van der Waals surface area contributed by atoms with Gasteiger partial charge in [-0.05, 0) is 27.2 Å². The molecule has 0 aliphatic heterocycles. The van der Waals surface area contributed by atoms with Crippen LogP contribution in [0.25, 0.3) is 0 Å². The normalized spacial score (nSPS) is 12.8. The highest BCUT2D eigenvalue weighted by atomic mass is 16.1. The summed E-state index contributed by atoms with van der Waals surface area (Å²) >= 11 is 0. The number of carbonyl (C=O) groups excluding carboxylic acids is 1. The Kier molecular flexibility index (Phi) is 4.70. The number of carbonyl (C=O) groups is 1. The molecular formula is C10H20N2O. The van der Waals surface area contributed by atoms with E-state index in [1.165, 1.54) is 0 Å². The molecule has 0 atom stereocenters. The minimum absolute atomic E-state index is 0.0585. The van der Waals surface area contributed by atoms with Gasteiger partial charge in [-0.2, -0.15) is 0 Å². The first-order valence-electron chi connectivity index (χ1n) is 4.67. The van der Waals surface area contributed by atoms with Crippen molar-refractivity contribution in [2.45, 2.75) is 39.7 Å². The summed E-state index contributed by atoms with van der Waals surface area (Å²) in [7, 11) is 0. The second-order valence-corrected chi connectivity index (χ2v) is 3.68. The van der Waals surface area contributed by atoms with Crippen molar-refractivity contribution in [2.24, 2.45) is 5.73 Å². The molecule has 0 rings (SSSR count). The third-order valence-corrected chi connectivity index (χ3v) is 1.76. The maximum atomic E-state index is 11.5. The Morgan fingerprint density at radius 2 is 2.08 bits per heavy atom. The smallest absolute Gasteiger partial charge is 0.248 e. The minimum Gasteiger partial charge on any atom is -0.352 e. The van der Waals surface area contributed by atoms with Gasteiger partial charge in [0.2, 0.25) is 5.91 Å². The SMILES string of the molecule is CC=C(C(=O)NCCC)C(C)(C)N. The number of rotatable bonds is 4. The van der Waals surface area contributed by atoms with Gasteiger partial charge in [-0.1, -0.05) is 13.0 Å². The van der Waals surface area contributed by atoms with Crippen molar-refractivity contribution in [3.05, 3.63) is 11.6 Å². The molecule has 0 aliphatic carbocycles. The fourth-order valence-electron chi connectivity index (χ4n) is 1.13. The monoisotopic (exact) mass is 184 g/mol. The lowest BCUT2D eigenvalue weighted by atomic mass is 9.94. The van der Waals surface area contributed by atoms with Crippen molar-refractivity contribution in [2.75, 3.05) is 6.54 Å². The number of nitrogens with one attached hydrogen (secondary N) is 1. The van der Waals surface area contributed by atoms with Crippen molar-refractivity contribution in [3.8, 4) is 0 Å². The van der Waals surface area contributed by atoms with Crippen LogP contribution in [0.3, 0.4) is 0 Å². The fourth-order valence-corrected chi connectivity index (χ4v) is 1.13. The first-order valence-corrected chi connectivity index (χ1v) is 4.67. The van der Waals surface area contributed by atoms with Crippen molar-refractivity contribution >= 4 is 5.91 Å². The molecule has 0 unspecified atom stereocenters. The minimum atomic E-state index is -0.563. The average Bonchev–Trinajstić information content (AvgIpc) is 1.99. The summed E-state index contributed by atoms with van der Waals surface area (Å²) in [6.07, 6.45) is 2.71. The van der Waals surface area contributed by atoms with E-state index in [4.69, 9.17) is 5.73 Å². The zero-order chi connectivity index (χ0) is 10.5. The summed E-state index contributed by atoms with van der Waals surface area (Å²) in [5.41, 5.74) is 5.91. The van der Waals surface area contributed by atoms with Gasteiger partial charge in [-0.25, -0.2) is 0 Å². The van der Waals surface area contributed by atoms with E-state index in [1.807, 2.05) is 27.7 Å². The predicted octanol–water partition coefficient (Wildman–Crippen LogP) is 1.20. The lowest BCUT2D eigenvalue weighted by Gasteiger charge is -2.21. The van der Waals surface area contributed by atoms with Gasteiger partial charge >= 0.3 is 0 Å². The van der Waals surface area contributed by atoms with Crippen molar-refractivity contribution < 1.29 is 4.79 Å². The standard InChI is InChI=1S/C10H20N2O/c1-5-7-12-9(13)8(6-2)10(3,4)11/h6H,5,7,11H2,1-4H3,(H,12,13). The summed E-state index contributed by atoms with van der Waals surface area (Å²) in [5.74, 6) is -0.0585. The molecule has 0 saturated carbocycles. The van der Waals surface area contributed by atoms with Crippen LogP contribution >= 0.6 is 0 Å². The summed E-state index contributed by atoms with van der Waals surface area (Å²) in [4.78, 5) is 11.5. The summed E-state index contributed by atoms with van der Waals surface area (Å²) in [6, 6.07) is 0. The highest BCUT2D eigenvalue weighted by Gasteiger charge is 2.22. The number of hydrogen-bond donors (Lipinski definition) is 2. The largest absolute Gasteiger partial charge is 0.352 e. The van der Waals surface area contributed by atoms with E-state index in [0.29, 0.717) is 12.1 Å². The van der Waals surface area contributed by atoms with Crippen LogP contribution in [0.5, 0.6) is 0 Å². The maximum absolute atomic E-state index is 11.5. The molecule has 76 valence electrons. The Balaban J connectivity index is 4.36. The number of allylic oxidation sites excluding steroid dienone is 1. The Labute approximate surface area is 80.4 Å². The van der Waals surface area contributed by atoms with Crippen LogP contribution < -0.4 is 11.1 Å². The number of hydrogen-bond acceptors (Lipinski definition) is 2. The molecule has 0 heterocycles. The zero-order valence-corrected chi connectivity index (χ0v) is 8.98. The summed E-state index contributed by atoms with van der Waals surface area (Å²) in [5, 5.41) is 2.80. The molecule has 0 fully saturated rings. The second kappa shape index (κ2) is 5.02. The van der Waals surface area contributed by atoms with Gasteiger partial charge in [-0.3, -0.25) is 4.79 Å². The lowest BCUT2D eigenvalue weighted by Crippen LogP contribution is -2.42. The molecule has 0 aliphatic rings. The molecule has 0 saturated heterocycles. The van der Waals surface area contributed by atoms with E-state index in [1.54, 1.807) is 6.08 Å². The number of nitrogens with two attached hydrogens (primary N) is 1. The van der Waals surface area contributed by atoms with E-state index in [9.17, 15) is 4.79 Å². The third-order valence-electron chi connectivity index (χ3n) is 1.76. The molecule has 0 aromatic heterocycles. The van der Waals surface area contributed by atoms with E-state index < -0.39 is 5.54 Å². The quantitative estimate of drug-likeness (QED) is 0.645. The fraction of sp³-hybridized carbons (Fsp3) is 0.700. The van der Waals surface area contributed by atoms with Crippen LogP contribution in [-0.4, -0.2) is 18.0 Å². The molecule has 3 N–H and O–H groups in total. The predicted molar refractivity (Wildman–Crippen MR) is 55.3 cm³/mol. The lowest BCUT2D eigenvalue weighted by molar-refractivity contribution is -0.118. The van der Waals surface area contributed by atoms with Gasteiger partial charge in [0.25, 0.3) is 0 Å². The van der Waals surface area contributed by atoms with E-state index in [-0.39, 0.29) is 5.91 Å². The summed E-state index contributed by atoms with van der Waals surface area (Å²) < 4.78 is 0. The van der Waals surface area contributed by atoms with Gasteiger partial charge in [0.15, 0.2) is 0 Å². The van der Waals surface area contributed by atoms with Gasteiger partial charge in [0.1, 0.15) is 0 Å². The molecule has 0 aromatic carbocycles. The Morgan fingerprint density at radius 1 is 1.54 bits per heavy atom. The van der Waals surface area contributed by atoms with Gasteiger partial charge in [-0.15, -0.1) is 0 Å². The molecule has 0 radical (unpaired) electrons. The molecule has 3 heteroatoms. The Morgan fingerprint density at radius 3 is 2.38 bits per heavy atom. The Bertz CT molecular complexity index is 201. The molecule has 0 aromatic rings. The number of amides is 1. The van der Waals surface area contributed by atoms with Crippen molar-refractivity contribution in [1.29, 1.82) is 0 Å². The highest BCUT2D eigenvalue weighted by Crippen LogP contribution is 2.11. The second-order valence-electron chi connectivity index (χ2n) is 3.68. The van der Waals surface area contributed by atoms with Crippen LogP contribution in [-0.2, 0) is 4.79 Å². The van der Waals surface area contributed by atoms with Crippen LogP contribution in [0.15, 0.2) is 11.6 Å². The van der Waals surface area contributed by atoms with Gasteiger partial charge in [0, 0.05) is 17.7 Å². The molecule has 1 amide bonds. The van der Waals surface area contributed by atoms with Crippen LogP contribution in [0.1, 0.15) is 34.1 Å². The maximum Gasteiger partial charge on any atom is 0.248 e.